The van der Waals surface area contributed by atoms with Gasteiger partial charge in [0, 0.05) is 26.2 Å². The molecule has 0 saturated carbocycles. The van der Waals surface area contributed by atoms with E-state index in [2.05, 4.69) is 11.9 Å². The first-order chi connectivity index (χ1) is 10.6. The average Bonchev–Trinajstić information content (AvgIpc) is 2.49. The van der Waals surface area contributed by atoms with Crippen LogP contribution in [0.5, 0.6) is 0 Å². The molecule has 0 aliphatic rings. The number of carboxylic acid groups (broad SMARTS) is 1. The van der Waals surface area contributed by atoms with Crippen molar-refractivity contribution < 1.29 is 71.5 Å². The number of carbonyl (C=O) groups is 1. The zero-order valence-corrected chi connectivity index (χ0v) is 17.9. The second kappa shape index (κ2) is 18.8. The third-order valence-electron chi connectivity index (χ3n) is 3.47. The fraction of sp³-hybridized carbons (Fsp3) is 0.875. The van der Waals surface area contributed by atoms with E-state index in [-0.39, 0.29) is 70.3 Å². The maximum absolute atomic E-state index is 11.6. The molecule has 0 bridgehead atoms. The van der Waals surface area contributed by atoms with E-state index in [1.54, 1.807) is 0 Å². The van der Waals surface area contributed by atoms with Crippen LogP contribution in [0.15, 0.2) is 4.99 Å². The largest absolute Gasteiger partial charge is 1.00 e. The van der Waals surface area contributed by atoms with E-state index < -0.39 is 5.97 Å². The van der Waals surface area contributed by atoms with Crippen LogP contribution >= 0.6 is 0 Å². The summed E-state index contributed by atoms with van der Waals surface area (Å²) >= 11 is 0. The number of unbranched alkanes of at least 4 members (excludes halogenated alkanes) is 4. The van der Waals surface area contributed by atoms with Crippen LogP contribution in [-0.4, -0.2) is 59.8 Å². The average molecular weight is 355 g/mol. The topological polar surface area (TPSA) is 96.2 Å². The monoisotopic (exact) mass is 354 g/mol. The number of rotatable bonds is 15. The molecule has 0 radical (unpaired) electrons. The minimum absolute atomic E-state index is 0. The number of aliphatic hydroxyl groups excluding tert-OH is 1. The van der Waals surface area contributed by atoms with Crippen LogP contribution in [0.1, 0.15) is 58.3 Å². The van der Waals surface area contributed by atoms with Crippen molar-refractivity contribution in [1.82, 2.24) is 4.90 Å². The van der Waals surface area contributed by atoms with Crippen molar-refractivity contribution in [2.75, 3.05) is 32.8 Å². The van der Waals surface area contributed by atoms with Crippen molar-refractivity contribution in [3.63, 3.8) is 0 Å². The number of aliphatic hydroxyl groups is 1. The number of aliphatic imine (C=N–C) groups is 1. The summed E-state index contributed by atoms with van der Waals surface area (Å²) in [6.07, 6.45) is 6.74. The molecule has 130 valence electrons. The molecule has 0 saturated heterocycles. The Morgan fingerprint density at radius 3 is 2.35 bits per heavy atom. The van der Waals surface area contributed by atoms with Gasteiger partial charge in [-0.25, -0.2) is 0 Å². The van der Waals surface area contributed by atoms with Crippen LogP contribution in [0, 0.1) is 0 Å². The predicted molar refractivity (Wildman–Crippen MR) is 86.1 cm³/mol. The van der Waals surface area contributed by atoms with Gasteiger partial charge in [-0.3, -0.25) is 4.79 Å². The van der Waals surface area contributed by atoms with Crippen molar-refractivity contribution >= 4 is 11.9 Å². The summed E-state index contributed by atoms with van der Waals surface area (Å²) in [4.78, 5) is 16.6. The molecule has 0 rings (SSSR count). The van der Waals surface area contributed by atoms with Gasteiger partial charge in [-0.15, -0.1) is 0 Å². The van der Waals surface area contributed by atoms with Gasteiger partial charge in [0.15, 0.2) is 0 Å². The summed E-state index contributed by atoms with van der Waals surface area (Å²) in [7, 11) is 0. The zero-order chi connectivity index (χ0) is 16.6. The maximum Gasteiger partial charge on any atom is 1.00 e. The molecule has 0 fully saturated rings. The van der Waals surface area contributed by atoms with E-state index in [0.717, 1.165) is 12.8 Å². The Morgan fingerprint density at radius 2 is 1.74 bits per heavy atom. The van der Waals surface area contributed by atoms with Gasteiger partial charge in [0.2, 0.25) is 0 Å². The zero-order valence-electron chi connectivity index (χ0n) is 14.8. The van der Waals surface area contributed by atoms with Crippen molar-refractivity contribution in [1.29, 1.82) is 0 Å². The molecular formula is C16H31KN2O4. The Labute approximate surface area is 182 Å². The van der Waals surface area contributed by atoms with Crippen molar-refractivity contribution in [3.05, 3.63) is 0 Å². The normalized spacial score (nSPS) is 11.5. The first kappa shape index (κ1) is 25.7. The third kappa shape index (κ3) is 18.7. The van der Waals surface area contributed by atoms with E-state index in [0.29, 0.717) is 39.0 Å². The molecule has 0 atom stereocenters. The molecule has 0 aliphatic carbocycles. The van der Waals surface area contributed by atoms with Gasteiger partial charge in [0.05, 0.1) is 13.0 Å². The molecule has 6 nitrogen and oxygen atoms in total. The van der Waals surface area contributed by atoms with E-state index in [1.165, 1.54) is 19.3 Å². The summed E-state index contributed by atoms with van der Waals surface area (Å²) in [5, 5.41) is 29.2. The predicted octanol–water partition coefficient (Wildman–Crippen LogP) is -1.73. The fourth-order valence-electron chi connectivity index (χ4n) is 2.16. The van der Waals surface area contributed by atoms with Gasteiger partial charge in [-0.05, 0) is 25.2 Å². The maximum atomic E-state index is 11.6. The number of hydrogen-bond acceptors (Lipinski definition) is 5. The molecule has 0 spiro atoms. The molecule has 23 heavy (non-hydrogen) atoms. The minimum Gasteiger partial charge on any atom is -0.862 e. The summed E-state index contributed by atoms with van der Waals surface area (Å²) in [6, 6.07) is 0. The molecule has 0 heterocycles. The Hall–Kier alpha value is 0.496. The Morgan fingerprint density at radius 1 is 1.04 bits per heavy atom. The molecule has 0 aromatic rings. The number of hydrogen-bond donors (Lipinski definition) is 2. The number of nitrogens with zero attached hydrogens (tertiary/aromatic N) is 2. The second-order valence-corrected chi connectivity index (χ2v) is 5.50. The van der Waals surface area contributed by atoms with Crippen molar-refractivity contribution in [2.45, 2.75) is 58.3 Å². The van der Waals surface area contributed by atoms with E-state index in [1.807, 2.05) is 4.90 Å². The van der Waals surface area contributed by atoms with E-state index in [4.69, 9.17) is 10.2 Å². The van der Waals surface area contributed by atoms with E-state index >= 15 is 0 Å². The van der Waals surface area contributed by atoms with Crippen LogP contribution in [0.2, 0.25) is 0 Å². The number of aliphatic carboxylic acids is 1. The SMILES string of the molecule is CCCCCCCC([O-])=NCCN(CCCO)CCC(=O)O.[K+]. The Kier molecular flexibility index (Phi) is 21.1. The van der Waals surface area contributed by atoms with Crippen LogP contribution in [-0.2, 0) is 4.79 Å². The smallest absolute Gasteiger partial charge is 0.862 e. The molecule has 0 aromatic heterocycles. The van der Waals surface area contributed by atoms with Crippen LogP contribution in [0.3, 0.4) is 0 Å². The summed E-state index contributed by atoms with van der Waals surface area (Å²) in [5.74, 6) is -0.897. The van der Waals surface area contributed by atoms with Crippen LogP contribution in [0.25, 0.3) is 0 Å². The fourth-order valence-corrected chi connectivity index (χ4v) is 2.16. The molecule has 0 aliphatic heterocycles. The van der Waals surface area contributed by atoms with Crippen LogP contribution in [0.4, 0.5) is 0 Å². The quantitative estimate of drug-likeness (QED) is 0.158. The molecule has 0 amide bonds. The summed E-state index contributed by atoms with van der Waals surface area (Å²) in [5.41, 5.74) is 0. The summed E-state index contributed by atoms with van der Waals surface area (Å²) < 4.78 is 0. The second-order valence-electron chi connectivity index (χ2n) is 5.50. The molecule has 0 aromatic carbocycles. The standard InChI is InChI=1S/C16H32N2O4.K/c1-2-3-4-5-6-8-15(20)17-10-13-18(11-7-14-19)12-9-16(21)22;/h19H,2-14H2,1H3,(H,17,20)(H,21,22);/q;+1/p-1. The first-order valence-corrected chi connectivity index (χ1v) is 8.35. The molecule has 2 N–H and O–H groups in total. The first-order valence-electron chi connectivity index (χ1n) is 8.35. The van der Waals surface area contributed by atoms with Gasteiger partial charge in [-0.2, -0.15) is 0 Å². The molecule has 7 heteroatoms. The van der Waals surface area contributed by atoms with Crippen LogP contribution < -0.4 is 56.5 Å². The van der Waals surface area contributed by atoms with Gasteiger partial charge in [-0.1, -0.05) is 32.6 Å². The van der Waals surface area contributed by atoms with Gasteiger partial charge in [0.1, 0.15) is 0 Å². The summed E-state index contributed by atoms with van der Waals surface area (Å²) in [6.45, 7) is 4.26. The van der Waals surface area contributed by atoms with Crippen molar-refractivity contribution in [2.24, 2.45) is 4.99 Å². The third-order valence-corrected chi connectivity index (χ3v) is 3.47. The van der Waals surface area contributed by atoms with Crippen molar-refractivity contribution in [3.8, 4) is 0 Å². The van der Waals surface area contributed by atoms with E-state index in [9.17, 15) is 9.90 Å². The van der Waals surface area contributed by atoms with Gasteiger partial charge >= 0.3 is 57.4 Å². The van der Waals surface area contributed by atoms with Gasteiger partial charge < -0.3 is 25.2 Å². The molecule has 0 unspecified atom stereocenters. The number of carboxylic acids is 1. The molecular weight excluding hydrogens is 323 g/mol. The minimum atomic E-state index is -0.839. The van der Waals surface area contributed by atoms with Gasteiger partial charge in [0.25, 0.3) is 0 Å². The Balaban J connectivity index is 0. The Bertz CT molecular complexity index is 314.